The van der Waals surface area contributed by atoms with Gasteiger partial charge in [0.15, 0.2) is 0 Å². The lowest BCUT2D eigenvalue weighted by Gasteiger charge is -2.17. The number of hydrogen-bond donors (Lipinski definition) is 1. The minimum Gasteiger partial charge on any atom is -0.304 e. The number of halogens is 1. The summed E-state index contributed by atoms with van der Waals surface area (Å²) in [5.41, 5.74) is 3.27. The first-order valence-electron chi connectivity index (χ1n) is 7.89. The lowest BCUT2D eigenvalue weighted by Crippen LogP contribution is -2.22. The Bertz CT molecular complexity index is 841. The van der Waals surface area contributed by atoms with Crippen LogP contribution in [0.15, 0.2) is 35.8 Å². The van der Waals surface area contributed by atoms with Gasteiger partial charge in [0, 0.05) is 34.2 Å². The molecule has 23 heavy (non-hydrogen) atoms. The zero-order valence-corrected chi connectivity index (χ0v) is 14.5. The van der Waals surface area contributed by atoms with Gasteiger partial charge in [-0.1, -0.05) is 17.7 Å². The molecule has 0 aliphatic heterocycles. The molecule has 1 aliphatic carbocycles. The van der Waals surface area contributed by atoms with Gasteiger partial charge in [0.25, 0.3) is 0 Å². The van der Waals surface area contributed by atoms with Gasteiger partial charge >= 0.3 is 0 Å². The van der Waals surface area contributed by atoms with Crippen LogP contribution in [0.25, 0.3) is 10.9 Å². The van der Waals surface area contributed by atoms with E-state index in [1.165, 1.54) is 17.8 Å². The minimum absolute atomic E-state index is 0.339. The molecule has 1 saturated carbocycles. The fourth-order valence-corrected chi connectivity index (χ4v) is 4.19. The van der Waals surface area contributed by atoms with Crippen LogP contribution in [0, 0.1) is 12.8 Å². The molecule has 1 N–H and O–H groups in total. The number of nitrogens with one attached hydrogen (secondary N) is 1. The van der Waals surface area contributed by atoms with Crippen molar-refractivity contribution < 1.29 is 0 Å². The number of fused-ring (bicyclic) bond motifs is 1. The topological polar surface area (TPSA) is 37.8 Å². The van der Waals surface area contributed by atoms with Gasteiger partial charge in [0.05, 0.1) is 11.6 Å². The van der Waals surface area contributed by atoms with Crippen LogP contribution in [0.2, 0.25) is 5.02 Å². The van der Waals surface area contributed by atoms with E-state index < -0.39 is 0 Å². The van der Waals surface area contributed by atoms with Gasteiger partial charge in [0.1, 0.15) is 5.01 Å². The Labute approximate surface area is 144 Å². The van der Waals surface area contributed by atoms with E-state index in [4.69, 9.17) is 11.6 Å². The highest BCUT2D eigenvalue weighted by atomic mass is 35.5. The van der Waals surface area contributed by atoms with Crippen LogP contribution in [0.5, 0.6) is 0 Å². The highest BCUT2D eigenvalue weighted by Gasteiger charge is 2.33. The summed E-state index contributed by atoms with van der Waals surface area (Å²) in [5.74, 6) is 0.707. The van der Waals surface area contributed by atoms with Crippen LogP contribution in [0.4, 0.5) is 0 Å². The minimum atomic E-state index is 0.339. The first kappa shape index (κ1) is 15.1. The average molecular weight is 344 g/mol. The van der Waals surface area contributed by atoms with E-state index in [9.17, 15) is 0 Å². The van der Waals surface area contributed by atoms with Crippen molar-refractivity contribution in [2.24, 2.45) is 5.92 Å². The monoisotopic (exact) mass is 343 g/mol. The van der Waals surface area contributed by atoms with E-state index in [0.717, 1.165) is 33.7 Å². The standard InChI is InChI=1S/C18H18ClN3S/c1-11-10-23-18(22-11)17(12-4-5-12)21-9-14-8-15(19)7-13-3-2-6-20-16(13)14/h2-3,6-8,10,12,17,21H,4-5,9H2,1H3/t17-/m0/s1. The molecule has 118 valence electrons. The molecule has 3 aromatic rings. The SMILES string of the molecule is Cc1csc([C@@H](NCc2cc(Cl)cc3cccnc23)C2CC2)n1. The molecule has 0 radical (unpaired) electrons. The Hall–Kier alpha value is -1.49. The molecule has 0 spiro atoms. The molecule has 1 aromatic carbocycles. The summed E-state index contributed by atoms with van der Waals surface area (Å²) in [6.07, 6.45) is 4.40. The van der Waals surface area contributed by atoms with Crippen molar-refractivity contribution in [2.75, 3.05) is 0 Å². The summed E-state index contributed by atoms with van der Waals surface area (Å²) in [6, 6.07) is 8.32. The third kappa shape index (κ3) is 3.25. The van der Waals surface area contributed by atoms with Gasteiger partial charge < -0.3 is 5.32 Å². The Morgan fingerprint density at radius 3 is 3.00 bits per heavy atom. The molecule has 5 heteroatoms. The van der Waals surface area contributed by atoms with Crippen molar-refractivity contribution in [3.8, 4) is 0 Å². The van der Waals surface area contributed by atoms with Gasteiger partial charge in [-0.2, -0.15) is 0 Å². The molecular weight excluding hydrogens is 326 g/mol. The molecule has 1 aliphatic rings. The number of hydrogen-bond acceptors (Lipinski definition) is 4. The van der Waals surface area contributed by atoms with Gasteiger partial charge in [-0.05, 0) is 49.4 Å². The van der Waals surface area contributed by atoms with Crippen LogP contribution in [0.1, 0.15) is 35.1 Å². The zero-order valence-electron chi connectivity index (χ0n) is 12.9. The predicted octanol–water partition coefficient (Wildman–Crippen LogP) is 4.89. The fourth-order valence-electron chi connectivity index (χ4n) is 2.98. The van der Waals surface area contributed by atoms with Crippen LogP contribution in [0.3, 0.4) is 0 Å². The molecule has 2 aromatic heterocycles. The molecule has 1 fully saturated rings. The Kier molecular flexibility index (Phi) is 4.05. The summed E-state index contributed by atoms with van der Waals surface area (Å²) in [6.45, 7) is 2.81. The maximum Gasteiger partial charge on any atom is 0.110 e. The van der Waals surface area contributed by atoms with Crippen LogP contribution >= 0.6 is 22.9 Å². The molecule has 4 rings (SSSR count). The molecule has 0 bridgehead atoms. The van der Waals surface area contributed by atoms with Crippen LogP contribution in [-0.2, 0) is 6.54 Å². The second kappa shape index (κ2) is 6.19. The highest BCUT2D eigenvalue weighted by molar-refractivity contribution is 7.09. The van der Waals surface area contributed by atoms with Gasteiger partial charge in [-0.15, -0.1) is 11.3 Å². The van der Waals surface area contributed by atoms with E-state index in [-0.39, 0.29) is 0 Å². The number of thiazole rings is 1. The van der Waals surface area contributed by atoms with Gasteiger partial charge in [0.2, 0.25) is 0 Å². The number of pyridine rings is 1. The summed E-state index contributed by atoms with van der Waals surface area (Å²) >= 11 is 8.02. The Morgan fingerprint density at radius 1 is 1.39 bits per heavy atom. The Balaban J connectivity index is 1.60. The van der Waals surface area contributed by atoms with Crippen molar-refractivity contribution in [1.82, 2.24) is 15.3 Å². The molecule has 0 unspecified atom stereocenters. The zero-order chi connectivity index (χ0) is 15.8. The van der Waals surface area contributed by atoms with Crippen LogP contribution in [-0.4, -0.2) is 9.97 Å². The number of aryl methyl sites for hydroxylation is 1. The molecular formula is C18H18ClN3S. The maximum absolute atomic E-state index is 6.27. The molecule has 1 atom stereocenters. The molecule has 2 heterocycles. The normalized spacial score (nSPS) is 15.9. The van der Waals surface area contributed by atoms with E-state index in [1.54, 1.807) is 11.3 Å². The summed E-state index contributed by atoms with van der Waals surface area (Å²) in [5, 5.41) is 8.87. The van der Waals surface area contributed by atoms with Crippen molar-refractivity contribution >= 4 is 33.8 Å². The van der Waals surface area contributed by atoms with E-state index in [2.05, 4.69) is 33.7 Å². The highest BCUT2D eigenvalue weighted by Crippen LogP contribution is 2.42. The molecule has 0 amide bonds. The van der Waals surface area contributed by atoms with Crippen LogP contribution < -0.4 is 5.32 Å². The maximum atomic E-state index is 6.27. The summed E-state index contributed by atoms with van der Waals surface area (Å²) in [7, 11) is 0. The first-order chi connectivity index (χ1) is 11.2. The largest absolute Gasteiger partial charge is 0.304 e. The smallest absolute Gasteiger partial charge is 0.110 e. The second-order valence-electron chi connectivity index (χ2n) is 6.16. The number of rotatable bonds is 5. The lowest BCUT2D eigenvalue weighted by molar-refractivity contribution is 0.478. The Morgan fingerprint density at radius 2 is 2.26 bits per heavy atom. The third-order valence-corrected chi connectivity index (χ3v) is 5.52. The summed E-state index contributed by atoms with van der Waals surface area (Å²) in [4.78, 5) is 9.20. The second-order valence-corrected chi connectivity index (χ2v) is 7.49. The lowest BCUT2D eigenvalue weighted by atomic mass is 10.1. The van der Waals surface area contributed by atoms with Crippen molar-refractivity contribution in [3.05, 3.63) is 57.1 Å². The van der Waals surface area contributed by atoms with Gasteiger partial charge in [-0.25, -0.2) is 4.98 Å². The first-order valence-corrected chi connectivity index (χ1v) is 9.15. The molecule has 3 nitrogen and oxygen atoms in total. The van der Waals surface area contributed by atoms with Crippen molar-refractivity contribution in [2.45, 2.75) is 32.4 Å². The summed E-state index contributed by atoms with van der Waals surface area (Å²) < 4.78 is 0. The van der Waals surface area contributed by atoms with Gasteiger partial charge in [-0.3, -0.25) is 4.98 Å². The average Bonchev–Trinajstić information content (AvgIpc) is 3.29. The predicted molar refractivity (Wildman–Crippen MR) is 95.9 cm³/mol. The van der Waals surface area contributed by atoms with E-state index in [1.807, 2.05) is 24.4 Å². The van der Waals surface area contributed by atoms with E-state index >= 15 is 0 Å². The number of aromatic nitrogens is 2. The third-order valence-electron chi connectivity index (χ3n) is 4.26. The number of nitrogens with zero attached hydrogens (tertiary/aromatic N) is 2. The fraction of sp³-hybridized carbons (Fsp3) is 0.333. The molecule has 0 saturated heterocycles. The van der Waals surface area contributed by atoms with Crippen molar-refractivity contribution in [3.63, 3.8) is 0 Å². The van der Waals surface area contributed by atoms with E-state index in [0.29, 0.717) is 12.0 Å². The quantitative estimate of drug-likeness (QED) is 0.716. The van der Waals surface area contributed by atoms with Crippen molar-refractivity contribution in [1.29, 1.82) is 0 Å². The number of benzene rings is 1.